The van der Waals surface area contributed by atoms with Crippen LogP contribution in [0.2, 0.25) is 0 Å². The van der Waals surface area contributed by atoms with Crippen LogP contribution in [-0.4, -0.2) is 48.8 Å². The number of likely N-dealkylation sites (N-methyl/N-ethyl adjacent to an activating group) is 1. The zero-order valence-corrected chi connectivity index (χ0v) is 24.8. The van der Waals surface area contributed by atoms with Crippen molar-refractivity contribution in [3.05, 3.63) is 95.4 Å². The average molecular weight is 573 g/mol. The molecule has 42 heavy (non-hydrogen) atoms. The van der Waals surface area contributed by atoms with Crippen molar-refractivity contribution in [1.82, 2.24) is 10.3 Å². The van der Waals surface area contributed by atoms with E-state index in [4.69, 9.17) is 19.2 Å². The van der Waals surface area contributed by atoms with Crippen LogP contribution in [-0.2, 0) is 33.6 Å². The molecule has 0 bridgehead atoms. The van der Waals surface area contributed by atoms with Gasteiger partial charge in [-0.2, -0.15) is 0 Å². The summed E-state index contributed by atoms with van der Waals surface area (Å²) in [5.41, 5.74) is 6.31. The van der Waals surface area contributed by atoms with Gasteiger partial charge in [-0.1, -0.05) is 48.5 Å². The molecule has 8 heteroatoms. The number of hydrogen-bond acceptors (Lipinski definition) is 7. The third-order valence-electron chi connectivity index (χ3n) is 6.50. The molecule has 8 nitrogen and oxygen atoms in total. The molecular weight excluding hydrogens is 532 g/mol. The normalized spacial score (nSPS) is 10.6. The molecular formula is C34H40N2O6. The Labute approximate surface area is 247 Å². The van der Waals surface area contributed by atoms with Crippen LogP contribution in [0.5, 0.6) is 5.75 Å². The molecule has 0 saturated carbocycles. The van der Waals surface area contributed by atoms with E-state index in [9.17, 15) is 9.59 Å². The van der Waals surface area contributed by atoms with Gasteiger partial charge in [0.15, 0.2) is 0 Å². The van der Waals surface area contributed by atoms with Gasteiger partial charge in [-0.15, -0.1) is 0 Å². The topological polar surface area (TPSA) is 111 Å². The minimum atomic E-state index is -0.788. The van der Waals surface area contributed by atoms with E-state index < -0.39 is 5.97 Å². The number of carbonyl (C=O) groups excluding carboxylic acids is 1. The number of nitrogens with zero attached hydrogens (tertiary/aromatic N) is 1. The van der Waals surface area contributed by atoms with E-state index in [1.54, 1.807) is 13.8 Å². The molecule has 3 aromatic carbocycles. The fraction of sp³-hybridized carbons (Fsp3) is 0.324. The maximum atomic E-state index is 11.0. The summed E-state index contributed by atoms with van der Waals surface area (Å²) < 4.78 is 16.3. The summed E-state index contributed by atoms with van der Waals surface area (Å²) in [5.74, 6) is 1.39. The summed E-state index contributed by atoms with van der Waals surface area (Å²) in [6.07, 6.45) is 2.11. The van der Waals surface area contributed by atoms with Crippen molar-refractivity contribution in [3.8, 4) is 28.3 Å². The minimum absolute atomic E-state index is 0.0301. The van der Waals surface area contributed by atoms with E-state index in [2.05, 4.69) is 34.3 Å². The van der Waals surface area contributed by atoms with E-state index in [0.717, 1.165) is 52.4 Å². The number of ether oxygens (including phenoxy) is 2. The lowest BCUT2D eigenvalue weighted by Gasteiger charge is -2.12. The summed E-state index contributed by atoms with van der Waals surface area (Å²) >= 11 is 0. The van der Waals surface area contributed by atoms with Crippen LogP contribution in [0.15, 0.2) is 77.2 Å². The lowest BCUT2D eigenvalue weighted by atomic mass is 10.00. The molecule has 0 aliphatic rings. The molecule has 2 N–H and O–H groups in total. The molecule has 1 aromatic heterocycles. The van der Waals surface area contributed by atoms with Gasteiger partial charge in [0.1, 0.15) is 11.5 Å². The summed E-state index contributed by atoms with van der Waals surface area (Å²) in [4.78, 5) is 25.1. The standard InChI is InChI=1S/C30H32N2O4.C4H8O2/c1-21-28(32-30(36-21)25-10-8-23(9-11-25)22-6-4-3-5-7-22)17-19-35-27-14-12-24(13-15-29(33)34)26(20-27)16-18-31-2;1-4(2)6-3-5/h3-12,14,20,31H,13,15-19H2,1-2H3,(H,33,34);3-4H,1-2H3. The Bertz CT molecular complexity index is 1400. The SMILES string of the molecule is CC(C)OC=O.CNCCc1cc(OCCc2nc(-c3ccc(-c4ccccc4)cc3)oc2C)ccc1CCC(=O)O. The van der Waals surface area contributed by atoms with Crippen LogP contribution in [0, 0.1) is 6.92 Å². The number of carboxylic acid groups (broad SMARTS) is 1. The molecule has 0 unspecified atom stereocenters. The molecule has 0 saturated heterocycles. The molecule has 0 radical (unpaired) electrons. The van der Waals surface area contributed by atoms with Crippen LogP contribution in [0.4, 0.5) is 0 Å². The van der Waals surface area contributed by atoms with Gasteiger partial charge in [0.05, 0.1) is 18.4 Å². The van der Waals surface area contributed by atoms with Gasteiger partial charge in [-0.05, 0) is 93.7 Å². The fourth-order valence-corrected chi connectivity index (χ4v) is 4.27. The number of nitrogens with one attached hydrogen (secondary N) is 1. The number of carbonyl (C=O) groups is 2. The van der Waals surface area contributed by atoms with Gasteiger partial charge in [0.2, 0.25) is 5.89 Å². The first kappa shape index (κ1) is 32.1. The van der Waals surface area contributed by atoms with Crippen LogP contribution < -0.4 is 10.1 Å². The van der Waals surface area contributed by atoms with Gasteiger partial charge in [0, 0.05) is 18.4 Å². The second kappa shape index (κ2) is 16.7. The van der Waals surface area contributed by atoms with Crippen LogP contribution in [0.3, 0.4) is 0 Å². The highest BCUT2D eigenvalue weighted by Gasteiger charge is 2.13. The molecule has 0 aliphatic carbocycles. The fourth-order valence-electron chi connectivity index (χ4n) is 4.27. The molecule has 0 amide bonds. The van der Waals surface area contributed by atoms with Crippen molar-refractivity contribution in [2.75, 3.05) is 20.2 Å². The zero-order chi connectivity index (χ0) is 30.3. The smallest absolute Gasteiger partial charge is 0.303 e. The van der Waals surface area contributed by atoms with Crippen molar-refractivity contribution >= 4 is 12.4 Å². The lowest BCUT2D eigenvalue weighted by molar-refractivity contribution is -0.137. The largest absolute Gasteiger partial charge is 0.493 e. The second-order valence-corrected chi connectivity index (χ2v) is 10.0. The minimum Gasteiger partial charge on any atom is -0.493 e. The number of aryl methyl sites for hydroxylation is 2. The molecule has 0 spiro atoms. The maximum absolute atomic E-state index is 11.0. The first-order valence-electron chi connectivity index (χ1n) is 14.1. The highest BCUT2D eigenvalue weighted by atomic mass is 16.5. The predicted molar refractivity (Wildman–Crippen MR) is 164 cm³/mol. The summed E-state index contributed by atoms with van der Waals surface area (Å²) in [5, 5.41) is 12.2. The number of aromatic nitrogens is 1. The van der Waals surface area contributed by atoms with Crippen molar-refractivity contribution in [2.45, 2.75) is 52.6 Å². The van der Waals surface area contributed by atoms with Gasteiger partial charge >= 0.3 is 5.97 Å². The Morgan fingerprint density at radius 1 is 0.952 bits per heavy atom. The maximum Gasteiger partial charge on any atom is 0.303 e. The first-order valence-corrected chi connectivity index (χ1v) is 14.1. The number of benzene rings is 3. The Morgan fingerprint density at radius 3 is 2.26 bits per heavy atom. The van der Waals surface area contributed by atoms with Crippen molar-refractivity contribution in [2.24, 2.45) is 0 Å². The number of carboxylic acids is 1. The molecule has 0 fully saturated rings. The summed E-state index contributed by atoms with van der Waals surface area (Å²) in [6, 6.07) is 24.4. The van der Waals surface area contributed by atoms with E-state index in [0.29, 0.717) is 31.8 Å². The van der Waals surface area contributed by atoms with E-state index in [1.165, 1.54) is 5.56 Å². The number of aliphatic carboxylic acids is 1. The van der Waals surface area contributed by atoms with Crippen molar-refractivity contribution in [1.29, 1.82) is 0 Å². The molecule has 4 aromatic rings. The van der Waals surface area contributed by atoms with Crippen LogP contribution in [0.25, 0.3) is 22.6 Å². The van der Waals surface area contributed by atoms with E-state index >= 15 is 0 Å². The van der Waals surface area contributed by atoms with Gasteiger partial charge in [-0.25, -0.2) is 4.98 Å². The van der Waals surface area contributed by atoms with Gasteiger partial charge < -0.3 is 24.3 Å². The van der Waals surface area contributed by atoms with Gasteiger partial charge in [0.25, 0.3) is 6.47 Å². The quantitative estimate of drug-likeness (QED) is 0.170. The highest BCUT2D eigenvalue weighted by Crippen LogP contribution is 2.26. The van der Waals surface area contributed by atoms with E-state index in [1.807, 2.05) is 62.5 Å². The van der Waals surface area contributed by atoms with Gasteiger partial charge in [-0.3, -0.25) is 9.59 Å². The van der Waals surface area contributed by atoms with Crippen molar-refractivity contribution in [3.63, 3.8) is 0 Å². The highest BCUT2D eigenvalue weighted by molar-refractivity contribution is 5.68. The molecule has 0 aliphatic heterocycles. The molecule has 222 valence electrons. The third-order valence-corrected chi connectivity index (χ3v) is 6.50. The summed E-state index contributed by atoms with van der Waals surface area (Å²) in [7, 11) is 1.91. The monoisotopic (exact) mass is 572 g/mol. The Hall–Kier alpha value is -4.43. The average Bonchev–Trinajstić information content (AvgIpc) is 3.36. The first-order chi connectivity index (χ1) is 20.3. The Kier molecular flexibility index (Phi) is 12.8. The molecule has 1 heterocycles. The summed E-state index contributed by atoms with van der Waals surface area (Å²) in [6.45, 7) is 7.27. The lowest BCUT2D eigenvalue weighted by Crippen LogP contribution is -2.12. The number of rotatable bonds is 14. The zero-order valence-electron chi connectivity index (χ0n) is 24.8. The van der Waals surface area contributed by atoms with Crippen molar-refractivity contribution < 1.29 is 28.6 Å². The Balaban J connectivity index is 0.000000730. The van der Waals surface area contributed by atoms with Crippen LogP contribution in [0.1, 0.15) is 42.8 Å². The third kappa shape index (κ3) is 10.2. The second-order valence-electron chi connectivity index (χ2n) is 10.0. The predicted octanol–water partition coefficient (Wildman–Crippen LogP) is 6.29. The number of hydrogen-bond donors (Lipinski definition) is 2. The van der Waals surface area contributed by atoms with Crippen LogP contribution >= 0.6 is 0 Å². The van der Waals surface area contributed by atoms with E-state index in [-0.39, 0.29) is 12.5 Å². The molecule has 0 atom stereocenters. The molecule has 4 rings (SSSR count). The number of oxazole rings is 1. The Morgan fingerprint density at radius 2 is 1.64 bits per heavy atom.